The summed E-state index contributed by atoms with van der Waals surface area (Å²) in [6, 6.07) is 0.111. The summed E-state index contributed by atoms with van der Waals surface area (Å²) in [6.45, 7) is 13.1. The molecule has 0 aliphatic rings. The standard InChI is InChI=1S/C20H36N2O7/c1-5-19(25)28-13-17(23)7-8-22-16(4)12-27-11-15(3)9-21-10-18(24)14-29-20(26)6-2/h5-6,15-18,21-24H,1-2,7-14H2,3-4H3. The number of esters is 2. The van der Waals surface area contributed by atoms with E-state index in [4.69, 9.17) is 14.2 Å². The third kappa shape index (κ3) is 16.8. The Kier molecular flexibility index (Phi) is 16.1. The van der Waals surface area contributed by atoms with Crippen molar-refractivity contribution in [3.63, 3.8) is 0 Å². The summed E-state index contributed by atoms with van der Waals surface area (Å²) in [5, 5.41) is 25.7. The Labute approximate surface area is 173 Å². The van der Waals surface area contributed by atoms with Crippen molar-refractivity contribution in [1.29, 1.82) is 0 Å². The molecule has 0 amide bonds. The number of carbonyl (C=O) groups is 2. The van der Waals surface area contributed by atoms with Gasteiger partial charge in [-0.1, -0.05) is 20.1 Å². The lowest BCUT2D eigenvalue weighted by Gasteiger charge is -2.18. The average molecular weight is 417 g/mol. The van der Waals surface area contributed by atoms with Gasteiger partial charge in [0.1, 0.15) is 19.3 Å². The number of carbonyl (C=O) groups excluding carboxylic acids is 2. The second-order valence-electron chi connectivity index (χ2n) is 6.92. The Bertz CT molecular complexity index is 445. The van der Waals surface area contributed by atoms with Gasteiger partial charge in [-0.05, 0) is 32.4 Å². The van der Waals surface area contributed by atoms with Gasteiger partial charge in [0.25, 0.3) is 0 Å². The quantitative estimate of drug-likeness (QED) is 0.177. The molecule has 9 nitrogen and oxygen atoms in total. The maximum Gasteiger partial charge on any atom is 0.330 e. The average Bonchev–Trinajstić information content (AvgIpc) is 2.70. The van der Waals surface area contributed by atoms with Crippen molar-refractivity contribution in [2.24, 2.45) is 5.92 Å². The van der Waals surface area contributed by atoms with E-state index in [-0.39, 0.29) is 25.2 Å². The first-order chi connectivity index (χ1) is 13.8. The van der Waals surface area contributed by atoms with E-state index in [2.05, 4.69) is 23.8 Å². The predicted octanol–water partition coefficient (Wildman–Crippen LogP) is -0.223. The topological polar surface area (TPSA) is 126 Å². The Morgan fingerprint density at radius 3 is 2.10 bits per heavy atom. The van der Waals surface area contributed by atoms with Gasteiger partial charge in [0.05, 0.1) is 19.3 Å². The third-order valence-electron chi connectivity index (χ3n) is 3.78. The second kappa shape index (κ2) is 17.1. The Hall–Kier alpha value is -1.78. The molecule has 4 unspecified atom stereocenters. The molecule has 0 aromatic heterocycles. The molecule has 0 aliphatic carbocycles. The van der Waals surface area contributed by atoms with Gasteiger partial charge in [-0.15, -0.1) is 0 Å². The fraction of sp³-hybridized carbons (Fsp3) is 0.700. The lowest BCUT2D eigenvalue weighted by molar-refractivity contribution is -0.141. The summed E-state index contributed by atoms with van der Waals surface area (Å²) in [5.74, 6) is -0.862. The van der Waals surface area contributed by atoms with E-state index in [9.17, 15) is 19.8 Å². The number of hydrogen-bond donors (Lipinski definition) is 4. The molecule has 0 heterocycles. The number of rotatable bonds is 18. The van der Waals surface area contributed by atoms with Crippen LogP contribution in [-0.2, 0) is 23.8 Å². The van der Waals surface area contributed by atoms with Crippen LogP contribution in [0.2, 0.25) is 0 Å². The van der Waals surface area contributed by atoms with Crippen LogP contribution in [0.25, 0.3) is 0 Å². The molecule has 0 radical (unpaired) electrons. The van der Waals surface area contributed by atoms with Crippen molar-refractivity contribution >= 4 is 11.9 Å². The normalized spacial score (nSPS) is 15.0. The van der Waals surface area contributed by atoms with Crippen LogP contribution in [0.1, 0.15) is 20.3 Å². The minimum absolute atomic E-state index is 0.0483. The van der Waals surface area contributed by atoms with Crippen molar-refractivity contribution in [3.8, 4) is 0 Å². The van der Waals surface area contributed by atoms with Crippen molar-refractivity contribution in [2.75, 3.05) is 46.1 Å². The van der Waals surface area contributed by atoms with Crippen LogP contribution in [0.3, 0.4) is 0 Å². The smallest absolute Gasteiger partial charge is 0.330 e. The van der Waals surface area contributed by atoms with Gasteiger partial charge >= 0.3 is 11.9 Å². The Morgan fingerprint density at radius 2 is 1.52 bits per heavy atom. The van der Waals surface area contributed by atoms with Gasteiger partial charge in [0.2, 0.25) is 0 Å². The second-order valence-corrected chi connectivity index (χ2v) is 6.92. The number of nitrogens with one attached hydrogen (secondary N) is 2. The van der Waals surface area contributed by atoms with Gasteiger partial charge in [0.15, 0.2) is 0 Å². The first kappa shape index (κ1) is 27.2. The first-order valence-corrected chi connectivity index (χ1v) is 9.74. The van der Waals surface area contributed by atoms with E-state index < -0.39 is 24.1 Å². The molecule has 0 fully saturated rings. The van der Waals surface area contributed by atoms with E-state index in [1.54, 1.807) is 0 Å². The van der Waals surface area contributed by atoms with Crippen LogP contribution in [-0.4, -0.2) is 86.5 Å². The van der Waals surface area contributed by atoms with E-state index in [0.29, 0.717) is 39.3 Å². The van der Waals surface area contributed by atoms with E-state index in [1.807, 2.05) is 13.8 Å². The highest BCUT2D eigenvalue weighted by Crippen LogP contribution is 1.97. The molecular weight excluding hydrogens is 380 g/mol. The lowest BCUT2D eigenvalue weighted by atomic mass is 10.2. The van der Waals surface area contributed by atoms with Gasteiger partial charge in [-0.25, -0.2) is 9.59 Å². The zero-order valence-corrected chi connectivity index (χ0v) is 17.5. The van der Waals surface area contributed by atoms with Crippen LogP contribution >= 0.6 is 0 Å². The van der Waals surface area contributed by atoms with Crippen molar-refractivity contribution in [3.05, 3.63) is 25.3 Å². The molecule has 0 saturated heterocycles. The fourth-order valence-corrected chi connectivity index (χ4v) is 2.17. The molecule has 0 bridgehead atoms. The molecule has 0 spiro atoms. The number of aliphatic hydroxyl groups excluding tert-OH is 2. The summed E-state index contributed by atoms with van der Waals surface area (Å²) in [6.07, 6.45) is 1.08. The molecule has 168 valence electrons. The van der Waals surface area contributed by atoms with E-state index >= 15 is 0 Å². The maximum absolute atomic E-state index is 10.9. The fourth-order valence-electron chi connectivity index (χ4n) is 2.17. The minimum atomic E-state index is -0.771. The van der Waals surface area contributed by atoms with Crippen LogP contribution in [0.15, 0.2) is 25.3 Å². The zero-order chi connectivity index (χ0) is 22.1. The summed E-state index contributed by atoms with van der Waals surface area (Å²) >= 11 is 0. The highest BCUT2D eigenvalue weighted by molar-refractivity contribution is 5.81. The number of ether oxygens (including phenoxy) is 3. The molecular formula is C20H36N2O7. The lowest BCUT2D eigenvalue weighted by Crippen LogP contribution is -2.36. The third-order valence-corrected chi connectivity index (χ3v) is 3.78. The van der Waals surface area contributed by atoms with E-state index in [0.717, 1.165) is 12.2 Å². The van der Waals surface area contributed by atoms with Crippen LogP contribution < -0.4 is 10.6 Å². The number of aliphatic hydroxyl groups is 2. The van der Waals surface area contributed by atoms with Crippen LogP contribution in [0.5, 0.6) is 0 Å². The molecule has 0 saturated carbocycles. The van der Waals surface area contributed by atoms with Gasteiger partial charge in [-0.2, -0.15) is 0 Å². The number of hydrogen-bond acceptors (Lipinski definition) is 9. The van der Waals surface area contributed by atoms with Gasteiger partial charge < -0.3 is 35.1 Å². The molecule has 29 heavy (non-hydrogen) atoms. The minimum Gasteiger partial charge on any atom is -0.460 e. The molecule has 0 aromatic carbocycles. The molecule has 9 heteroatoms. The monoisotopic (exact) mass is 416 g/mol. The van der Waals surface area contributed by atoms with E-state index in [1.165, 1.54) is 0 Å². The van der Waals surface area contributed by atoms with Crippen LogP contribution in [0.4, 0.5) is 0 Å². The molecule has 4 N–H and O–H groups in total. The highest BCUT2D eigenvalue weighted by Gasteiger charge is 2.10. The summed E-state index contributed by atoms with van der Waals surface area (Å²) < 4.78 is 15.2. The van der Waals surface area contributed by atoms with Crippen molar-refractivity contribution < 1.29 is 34.0 Å². The van der Waals surface area contributed by atoms with Crippen molar-refractivity contribution in [1.82, 2.24) is 10.6 Å². The summed E-state index contributed by atoms with van der Waals surface area (Å²) in [7, 11) is 0. The molecule has 0 aromatic rings. The van der Waals surface area contributed by atoms with Crippen molar-refractivity contribution in [2.45, 2.75) is 38.5 Å². The Morgan fingerprint density at radius 1 is 0.931 bits per heavy atom. The maximum atomic E-state index is 10.9. The summed E-state index contributed by atoms with van der Waals surface area (Å²) in [5.41, 5.74) is 0. The predicted molar refractivity (Wildman–Crippen MR) is 109 cm³/mol. The SMILES string of the molecule is C=CC(=O)OCC(O)CCNC(C)COCC(C)CNCC(O)COC(=O)C=C. The largest absolute Gasteiger partial charge is 0.460 e. The van der Waals surface area contributed by atoms with Crippen LogP contribution in [0, 0.1) is 5.92 Å². The van der Waals surface area contributed by atoms with Gasteiger partial charge in [0, 0.05) is 24.7 Å². The first-order valence-electron chi connectivity index (χ1n) is 9.74. The molecule has 0 rings (SSSR count). The van der Waals surface area contributed by atoms with Gasteiger partial charge in [-0.3, -0.25) is 0 Å². The Balaban J connectivity index is 3.66. The zero-order valence-electron chi connectivity index (χ0n) is 17.5. The molecule has 4 atom stereocenters. The summed E-state index contributed by atoms with van der Waals surface area (Å²) in [4.78, 5) is 21.8. The molecule has 0 aliphatic heterocycles. The highest BCUT2D eigenvalue weighted by atomic mass is 16.5.